The minimum atomic E-state index is 0.838. The van der Waals surface area contributed by atoms with Gasteiger partial charge in [-0.3, -0.25) is 0 Å². The van der Waals surface area contributed by atoms with E-state index in [2.05, 4.69) is 17.4 Å². The van der Waals surface area contributed by atoms with Gasteiger partial charge in [0.25, 0.3) is 0 Å². The summed E-state index contributed by atoms with van der Waals surface area (Å²) in [4.78, 5) is 0. The zero-order valence-electron chi connectivity index (χ0n) is 5.21. The molecule has 1 aliphatic heterocycles. The first kappa shape index (κ1) is 6.71. The smallest absolute Gasteiger partial charge is 0.0833 e. The van der Waals surface area contributed by atoms with Crippen molar-refractivity contribution in [3.05, 3.63) is 24.3 Å². The van der Waals surface area contributed by atoms with Crippen molar-refractivity contribution in [2.75, 3.05) is 12.4 Å². The zero-order valence-corrected chi connectivity index (χ0v) is 6.03. The maximum Gasteiger partial charge on any atom is 0.0833 e. The minimum absolute atomic E-state index is 0.838. The molecular weight excluding hydrogens is 132 g/mol. The van der Waals surface area contributed by atoms with Gasteiger partial charge >= 0.3 is 0 Å². The van der Waals surface area contributed by atoms with Gasteiger partial charge in [0.15, 0.2) is 0 Å². The Balaban J connectivity index is 2.12. The van der Waals surface area contributed by atoms with Gasteiger partial charge in [-0.05, 0) is 5.41 Å². The topological polar surface area (TPSA) is 15.3 Å². The summed E-state index contributed by atoms with van der Waals surface area (Å²) in [5, 5.41) is 4.10. The normalized spacial score (nSPS) is 16.7. The second-order valence-electron chi connectivity index (χ2n) is 1.70. The molecular formula is C6H10N2S. The number of nitrogens with one attached hydrogen (secondary N) is 1. The number of hydrazine groups is 1. The molecule has 3 heteroatoms. The fourth-order valence-electron chi connectivity index (χ4n) is 0.563. The maximum absolute atomic E-state index is 3.60. The number of thioether (sulfide) groups is 1. The van der Waals surface area contributed by atoms with Gasteiger partial charge in [0.1, 0.15) is 0 Å². The van der Waals surface area contributed by atoms with Gasteiger partial charge in [-0.1, -0.05) is 6.08 Å². The summed E-state index contributed by atoms with van der Waals surface area (Å²) >= 11 is 1.78. The Morgan fingerprint density at radius 3 is 3.33 bits per heavy atom. The van der Waals surface area contributed by atoms with Crippen LogP contribution in [0.4, 0.5) is 0 Å². The van der Waals surface area contributed by atoms with Crippen LogP contribution in [0.25, 0.3) is 0 Å². The molecule has 0 unspecified atom stereocenters. The number of rotatable bonds is 3. The second kappa shape index (κ2) is 3.58. The molecule has 0 aromatic rings. The Kier molecular flexibility index (Phi) is 2.67. The van der Waals surface area contributed by atoms with Crippen LogP contribution in [0.1, 0.15) is 0 Å². The van der Waals surface area contributed by atoms with E-state index in [0.717, 1.165) is 12.4 Å². The average Bonchev–Trinajstić information content (AvgIpc) is 2.34. The van der Waals surface area contributed by atoms with Crippen LogP contribution in [-0.4, -0.2) is 17.4 Å². The van der Waals surface area contributed by atoms with Crippen LogP contribution in [-0.2, 0) is 0 Å². The quantitative estimate of drug-likeness (QED) is 0.595. The molecule has 1 N–H and O–H groups in total. The third kappa shape index (κ3) is 2.11. The molecule has 9 heavy (non-hydrogen) atoms. The first-order valence-corrected chi connectivity index (χ1v) is 3.87. The van der Waals surface area contributed by atoms with Crippen molar-refractivity contribution in [1.82, 2.24) is 10.4 Å². The Hall–Kier alpha value is -0.410. The lowest BCUT2D eigenvalue weighted by atomic mass is 10.6. The molecule has 0 fully saturated rings. The van der Waals surface area contributed by atoms with E-state index >= 15 is 0 Å². The van der Waals surface area contributed by atoms with Gasteiger partial charge in [0, 0.05) is 12.7 Å². The summed E-state index contributed by atoms with van der Waals surface area (Å²) in [6, 6.07) is 0. The summed E-state index contributed by atoms with van der Waals surface area (Å²) in [5.41, 5.74) is 3.14. The van der Waals surface area contributed by atoms with Crippen LogP contribution < -0.4 is 5.43 Å². The van der Waals surface area contributed by atoms with Crippen LogP contribution >= 0.6 is 11.8 Å². The SMILES string of the molecule is C=CCNN1C=CSC1. The summed E-state index contributed by atoms with van der Waals surface area (Å²) in [6.45, 7) is 4.44. The minimum Gasteiger partial charge on any atom is -0.305 e. The Labute approximate surface area is 59.6 Å². The van der Waals surface area contributed by atoms with Gasteiger partial charge in [0.2, 0.25) is 0 Å². The van der Waals surface area contributed by atoms with Crippen molar-refractivity contribution in [3.63, 3.8) is 0 Å². The molecule has 0 radical (unpaired) electrons. The van der Waals surface area contributed by atoms with Crippen molar-refractivity contribution in [2.45, 2.75) is 0 Å². The van der Waals surface area contributed by atoms with E-state index in [0.29, 0.717) is 0 Å². The standard InChI is InChI=1S/C6H10N2S/c1-2-3-7-8-4-5-9-6-8/h2,4-5,7H,1,3,6H2. The van der Waals surface area contributed by atoms with Gasteiger partial charge in [-0.15, -0.1) is 18.3 Å². The molecule has 0 bridgehead atoms. The number of hydrogen-bond acceptors (Lipinski definition) is 3. The van der Waals surface area contributed by atoms with Gasteiger partial charge in [-0.2, -0.15) is 0 Å². The summed E-state index contributed by atoms with van der Waals surface area (Å²) in [6.07, 6.45) is 3.87. The summed E-state index contributed by atoms with van der Waals surface area (Å²) in [5.74, 6) is 1.01. The van der Waals surface area contributed by atoms with Crippen molar-refractivity contribution in [2.24, 2.45) is 0 Å². The van der Waals surface area contributed by atoms with E-state index in [4.69, 9.17) is 0 Å². The van der Waals surface area contributed by atoms with Crippen molar-refractivity contribution >= 4 is 11.8 Å². The lowest BCUT2D eigenvalue weighted by molar-refractivity contribution is 0.339. The lowest BCUT2D eigenvalue weighted by Crippen LogP contribution is -2.30. The highest BCUT2D eigenvalue weighted by Gasteiger charge is 2.00. The maximum atomic E-state index is 3.60. The zero-order chi connectivity index (χ0) is 6.53. The molecule has 0 aromatic heterocycles. The molecule has 0 amide bonds. The van der Waals surface area contributed by atoms with E-state index in [-0.39, 0.29) is 0 Å². The predicted molar refractivity (Wildman–Crippen MR) is 41.6 cm³/mol. The van der Waals surface area contributed by atoms with Crippen LogP contribution in [0.3, 0.4) is 0 Å². The van der Waals surface area contributed by atoms with Crippen molar-refractivity contribution in [1.29, 1.82) is 0 Å². The largest absolute Gasteiger partial charge is 0.305 e. The van der Waals surface area contributed by atoms with Gasteiger partial charge in [0.05, 0.1) is 5.88 Å². The highest BCUT2D eigenvalue weighted by Crippen LogP contribution is 2.11. The molecule has 50 valence electrons. The third-order valence-corrected chi connectivity index (χ3v) is 1.73. The van der Waals surface area contributed by atoms with Crippen molar-refractivity contribution in [3.8, 4) is 0 Å². The highest BCUT2D eigenvalue weighted by atomic mass is 32.2. The Morgan fingerprint density at radius 2 is 2.78 bits per heavy atom. The van der Waals surface area contributed by atoms with Crippen LogP contribution in [0.2, 0.25) is 0 Å². The highest BCUT2D eigenvalue weighted by molar-refractivity contribution is 8.02. The molecule has 1 rings (SSSR count). The molecule has 0 aliphatic carbocycles. The van der Waals surface area contributed by atoms with Crippen LogP contribution in [0.5, 0.6) is 0 Å². The molecule has 0 saturated heterocycles. The molecule has 0 saturated carbocycles. The molecule has 1 heterocycles. The molecule has 0 aromatic carbocycles. The average molecular weight is 142 g/mol. The van der Waals surface area contributed by atoms with Crippen molar-refractivity contribution < 1.29 is 0 Å². The first-order valence-electron chi connectivity index (χ1n) is 2.83. The Bertz CT molecular complexity index is 122. The predicted octanol–water partition coefficient (Wildman–Crippen LogP) is 1.15. The van der Waals surface area contributed by atoms with E-state index in [9.17, 15) is 0 Å². The molecule has 0 spiro atoms. The molecule has 2 nitrogen and oxygen atoms in total. The Morgan fingerprint density at radius 1 is 1.89 bits per heavy atom. The third-order valence-electron chi connectivity index (χ3n) is 0.989. The monoisotopic (exact) mass is 142 g/mol. The summed E-state index contributed by atoms with van der Waals surface area (Å²) < 4.78 is 0. The van der Waals surface area contributed by atoms with Crippen LogP contribution in [0.15, 0.2) is 24.3 Å². The fraction of sp³-hybridized carbons (Fsp3) is 0.333. The van der Waals surface area contributed by atoms with E-state index < -0.39 is 0 Å². The number of hydrogen-bond donors (Lipinski definition) is 1. The second-order valence-corrected chi connectivity index (χ2v) is 2.57. The molecule has 0 atom stereocenters. The van der Waals surface area contributed by atoms with E-state index in [1.807, 2.05) is 17.3 Å². The van der Waals surface area contributed by atoms with Gasteiger partial charge < -0.3 is 5.01 Å². The lowest BCUT2D eigenvalue weighted by Gasteiger charge is -2.13. The van der Waals surface area contributed by atoms with E-state index in [1.165, 1.54) is 0 Å². The first-order chi connectivity index (χ1) is 4.43. The number of nitrogens with zero attached hydrogens (tertiary/aromatic N) is 1. The van der Waals surface area contributed by atoms with E-state index in [1.54, 1.807) is 11.8 Å². The van der Waals surface area contributed by atoms with Gasteiger partial charge in [-0.25, -0.2) is 5.43 Å². The summed E-state index contributed by atoms with van der Waals surface area (Å²) in [7, 11) is 0. The fourth-order valence-corrected chi connectivity index (χ4v) is 1.22. The molecule has 1 aliphatic rings. The van der Waals surface area contributed by atoms with Crippen LogP contribution in [0, 0.1) is 0 Å².